The number of fused-ring (bicyclic) bond motifs is 1. The molecule has 4 fully saturated rings. The largest absolute Gasteiger partial charge is 0.389 e. The van der Waals surface area contributed by atoms with Crippen molar-refractivity contribution in [3.63, 3.8) is 0 Å². The van der Waals surface area contributed by atoms with Crippen molar-refractivity contribution < 1.29 is 5.11 Å². The summed E-state index contributed by atoms with van der Waals surface area (Å²) in [6.07, 6.45) is 5.22. The summed E-state index contributed by atoms with van der Waals surface area (Å²) in [7, 11) is 0. The van der Waals surface area contributed by atoms with Crippen LogP contribution in [0.25, 0.3) is 0 Å². The molecule has 0 amide bonds. The molecule has 4 unspecified atom stereocenters. The van der Waals surface area contributed by atoms with E-state index in [4.69, 9.17) is 0 Å². The molecular weight excluding hydrogens is 112 g/mol. The fourth-order valence-corrected chi connectivity index (χ4v) is 3.25. The van der Waals surface area contributed by atoms with Gasteiger partial charge < -0.3 is 5.11 Å². The predicted molar refractivity (Wildman–Crippen MR) is 33.9 cm³/mol. The first-order chi connectivity index (χ1) is 4.31. The van der Waals surface area contributed by atoms with Gasteiger partial charge in [-0.3, -0.25) is 0 Å². The zero-order chi connectivity index (χ0) is 6.06. The number of aliphatic hydroxyl groups is 1. The molecule has 0 spiro atoms. The van der Waals surface area contributed by atoms with Gasteiger partial charge in [-0.2, -0.15) is 0 Å². The second-order valence-electron chi connectivity index (χ2n) is 4.09. The molecule has 0 aliphatic heterocycles. The van der Waals surface area contributed by atoms with E-state index in [9.17, 15) is 5.11 Å². The van der Waals surface area contributed by atoms with E-state index in [2.05, 4.69) is 0 Å². The fourth-order valence-electron chi connectivity index (χ4n) is 3.25. The van der Waals surface area contributed by atoms with Gasteiger partial charge in [0.2, 0.25) is 0 Å². The number of rotatable bonds is 0. The zero-order valence-electron chi connectivity index (χ0n) is 5.51. The molecule has 1 heteroatoms. The molecule has 1 nitrogen and oxygen atoms in total. The van der Waals surface area contributed by atoms with Gasteiger partial charge in [0.1, 0.15) is 0 Å². The Labute approximate surface area is 55.1 Å². The van der Waals surface area contributed by atoms with Gasteiger partial charge in [0, 0.05) is 0 Å². The van der Waals surface area contributed by atoms with E-state index >= 15 is 0 Å². The van der Waals surface area contributed by atoms with Crippen molar-refractivity contribution in [2.75, 3.05) is 0 Å². The highest BCUT2D eigenvalue weighted by atomic mass is 16.3. The van der Waals surface area contributed by atoms with E-state index < -0.39 is 0 Å². The van der Waals surface area contributed by atoms with Crippen molar-refractivity contribution in [1.82, 2.24) is 0 Å². The lowest BCUT2D eigenvalue weighted by molar-refractivity contribution is 0.0942. The van der Waals surface area contributed by atoms with Gasteiger partial charge in [-0.05, 0) is 43.4 Å². The molecule has 0 saturated heterocycles. The quantitative estimate of drug-likeness (QED) is 0.514. The highest BCUT2D eigenvalue weighted by Gasteiger charge is 2.70. The van der Waals surface area contributed by atoms with Gasteiger partial charge in [-0.25, -0.2) is 0 Å². The minimum absolute atomic E-state index is 0.122. The summed E-state index contributed by atoms with van der Waals surface area (Å²) in [5, 5.41) is 9.76. The third-order valence-corrected chi connectivity index (χ3v) is 3.75. The SMILES string of the molecule is OC12CC3CCC1C2C3. The molecule has 4 saturated carbocycles. The molecule has 4 aliphatic rings. The first-order valence-corrected chi connectivity index (χ1v) is 4.03. The summed E-state index contributed by atoms with van der Waals surface area (Å²) in [6.45, 7) is 0. The van der Waals surface area contributed by atoms with Gasteiger partial charge in [0.25, 0.3) is 0 Å². The van der Waals surface area contributed by atoms with Crippen LogP contribution < -0.4 is 0 Å². The van der Waals surface area contributed by atoms with Crippen molar-refractivity contribution in [2.24, 2.45) is 17.8 Å². The van der Waals surface area contributed by atoms with Gasteiger partial charge in [-0.15, -0.1) is 0 Å². The summed E-state index contributed by atoms with van der Waals surface area (Å²) in [4.78, 5) is 0. The van der Waals surface area contributed by atoms with Gasteiger partial charge in [0.05, 0.1) is 5.60 Å². The van der Waals surface area contributed by atoms with E-state index in [1.807, 2.05) is 0 Å². The maximum Gasteiger partial charge on any atom is 0.0714 e. The Kier molecular flexibility index (Phi) is 0.563. The summed E-state index contributed by atoms with van der Waals surface area (Å²) in [6, 6.07) is 0. The lowest BCUT2D eigenvalue weighted by Crippen LogP contribution is -2.18. The third-order valence-electron chi connectivity index (χ3n) is 3.75. The monoisotopic (exact) mass is 124 g/mol. The first-order valence-electron chi connectivity index (χ1n) is 4.03. The van der Waals surface area contributed by atoms with Crippen molar-refractivity contribution in [1.29, 1.82) is 0 Å². The summed E-state index contributed by atoms with van der Waals surface area (Å²) < 4.78 is 0. The van der Waals surface area contributed by atoms with Crippen LogP contribution in [0, 0.1) is 17.8 Å². The fraction of sp³-hybridized carbons (Fsp3) is 1.00. The van der Waals surface area contributed by atoms with E-state index in [0.29, 0.717) is 0 Å². The summed E-state index contributed by atoms with van der Waals surface area (Å²) in [5.74, 6) is 2.39. The Morgan fingerprint density at radius 1 is 1.22 bits per heavy atom. The highest BCUT2D eigenvalue weighted by molar-refractivity contribution is 5.20. The second kappa shape index (κ2) is 1.07. The number of hydrogen-bond donors (Lipinski definition) is 1. The molecule has 4 bridgehead atoms. The molecule has 4 rings (SSSR count). The minimum Gasteiger partial charge on any atom is -0.389 e. The van der Waals surface area contributed by atoms with Crippen LogP contribution in [0.4, 0.5) is 0 Å². The average molecular weight is 124 g/mol. The van der Waals surface area contributed by atoms with Gasteiger partial charge in [0.15, 0.2) is 0 Å². The van der Waals surface area contributed by atoms with E-state index in [1.165, 1.54) is 19.3 Å². The Balaban J connectivity index is 2.02. The van der Waals surface area contributed by atoms with Crippen molar-refractivity contribution in [2.45, 2.75) is 31.3 Å². The zero-order valence-corrected chi connectivity index (χ0v) is 5.51. The Morgan fingerprint density at radius 2 is 2.11 bits per heavy atom. The van der Waals surface area contributed by atoms with Gasteiger partial charge >= 0.3 is 0 Å². The molecule has 0 heterocycles. The molecule has 0 aromatic carbocycles. The van der Waals surface area contributed by atoms with Crippen LogP contribution in [0.5, 0.6) is 0 Å². The van der Waals surface area contributed by atoms with Crippen LogP contribution in [0.3, 0.4) is 0 Å². The molecule has 0 radical (unpaired) electrons. The van der Waals surface area contributed by atoms with Crippen molar-refractivity contribution in [3.05, 3.63) is 0 Å². The topological polar surface area (TPSA) is 20.2 Å². The van der Waals surface area contributed by atoms with Crippen LogP contribution in [0.2, 0.25) is 0 Å². The Hall–Kier alpha value is -0.0400. The molecule has 4 aliphatic carbocycles. The summed E-state index contributed by atoms with van der Waals surface area (Å²) >= 11 is 0. The molecule has 0 aromatic rings. The van der Waals surface area contributed by atoms with Crippen LogP contribution in [-0.2, 0) is 0 Å². The van der Waals surface area contributed by atoms with Crippen LogP contribution in [-0.4, -0.2) is 10.7 Å². The van der Waals surface area contributed by atoms with E-state index in [-0.39, 0.29) is 5.60 Å². The van der Waals surface area contributed by atoms with Crippen LogP contribution in [0.15, 0.2) is 0 Å². The molecular formula is C8H12O. The third kappa shape index (κ3) is 0.362. The van der Waals surface area contributed by atoms with Crippen molar-refractivity contribution >= 4 is 0 Å². The minimum atomic E-state index is -0.122. The predicted octanol–water partition coefficient (Wildman–Crippen LogP) is 1.17. The van der Waals surface area contributed by atoms with Crippen LogP contribution in [0.1, 0.15) is 25.7 Å². The lowest BCUT2D eigenvalue weighted by atomic mass is 9.85. The molecule has 4 atom stereocenters. The summed E-state index contributed by atoms with van der Waals surface area (Å²) in [5.41, 5.74) is -0.122. The number of hydrogen-bond acceptors (Lipinski definition) is 1. The average Bonchev–Trinajstić information content (AvgIpc) is 2.30. The standard InChI is InChI=1S/C8H12O/c9-8-4-5-1-2-6(8)7(8)3-5/h5-7,9H,1-4H2. The van der Waals surface area contributed by atoms with E-state index in [0.717, 1.165) is 24.2 Å². The van der Waals surface area contributed by atoms with Crippen LogP contribution >= 0.6 is 0 Å². The smallest absolute Gasteiger partial charge is 0.0714 e. The molecule has 9 heavy (non-hydrogen) atoms. The Morgan fingerprint density at radius 3 is 2.33 bits per heavy atom. The lowest BCUT2D eigenvalue weighted by Gasteiger charge is -2.22. The first kappa shape index (κ1) is 4.73. The molecule has 50 valence electrons. The normalized spacial score (nSPS) is 68.3. The second-order valence-corrected chi connectivity index (χ2v) is 4.09. The van der Waals surface area contributed by atoms with Gasteiger partial charge in [-0.1, -0.05) is 0 Å². The maximum absolute atomic E-state index is 9.76. The Bertz CT molecular complexity index is 160. The van der Waals surface area contributed by atoms with Crippen molar-refractivity contribution in [3.8, 4) is 0 Å². The molecule has 1 N–H and O–H groups in total. The molecule has 0 aromatic heterocycles. The highest BCUT2D eigenvalue weighted by Crippen LogP contribution is 2.69. The van der Waals surface area contributed by atoms with E-state index in [1.54, 1.807) is 0 Å². The maximum atomic E-state index is 9.76.